The van der Waals surface area contributed by atoms with Crippen LogP contribution in [-0.2, 0) is 16.4 Å². The monoisotopic (exact) mass is 478 g/mol. The number of nitrogens with one attached hydrogen (secondary N) is 2. The zero-order chi connectivity index (χ0) is 24.3. The molecule has 0 radical (unpaired) electrons. The lowest BCUT2D eigenvalue weighted by atomic mass is 10.1. The van der Waals surface area contributed by atoms with Gasteiger partial charge in [-0.2, -0.15) is 0 Å². The van der Waals surface area contributed by atoms with Crippen LogP contribution < -0.4 is 15.4 Å². The Morgan fingerprint density at radius 3 is 2.18 bits per heavy atom. The second-order valence-corrected chi connectivity index (χ2v) is 10.5. The Morgan fingerprint density at radius 2 is 1.56 bits per heavy atom. The van der Waals surface area contributed by atoms with Gasteiger partial charge in [0.15, 0.2) is 9.84 Å². The van der Waals surface area contributed by atoms with Gasteiger partial charge in [-0.05, 0) is 79.4 Å². The average Bonchev–Trinajstić information content (AvgIpc) is 3.63. The molecule has 8 heteroatoms. The van der Waals surface area contributed by atoms with Crippen molar-refractivity contribution in [2.45, 2.75) is 37.3 Å². The summed E-state index contributed by atoms with van der Waals surface area (Å²) in [5.74, 6) is 0.162. The van der Waals surface area contributed by atoms with Gasteiger partial charge in [0.25, 0.3) is 11.8 Å². The quantitative estimate of drug-likeness (QED) is 0.507. The Bertz CT molecular complexity index is 1310. The molecular weight excluding hydrogens is 452 g/mol. The molecular formula is C26H26N2O5S. The predicted octanol–water partition coefficient (Wildman–Crippen LogP) is 4.12. The molecule has 0 heterocycles. The summed E-state index contributed by atoms with van der Waals surface area (Å²) in [7, 11) is -3.23. The fourth-order valence-electron chi connectivity index (χ4n) is 3.29. The van der Waals surface area contributed by atoms with Crippen molar-refractivity contribution in [2.24, 2.45) is 0 Å². The highest BCUT2D eigenvalue weighted by molar-refractivity contribution is 7.90. The maximum atomic E-state index is 12.7. The largest absolute Gasteiger partial charge is 0.489 e. The molecule has 2 N–H and O–H groups in total. The van der Waals surface area contributed by atoms with Crippen LogP contribution in [0.25, 0.3) is 0 Å². The Labute approximate surface area is 199 Å². The van der Waals surface area contributed by atoms with Crippen molar-refractivity contribution >= 4 is 27.3 Å². The van der Waals surface area contributed by atoms with Crippen LogP contribution in [0.2, 0.25) is 0 Å². The third kappa shape index (κ3) is 6.02. The molecule has 4 rings (SSSR count). The van der Waals surface area contributed by atoms with Crippen LogP contribution in [0.4, 0.5) is 5.69 Å². The van der Waals surface area contributed by atoms with Gasteiger partial charge >= 0.3 is 0 Å². The van der Waals surface area contributed by atoms with Crippen molar-refractivity contribution in [3.05, 3.63) is 89.0 Å². The summed E-state index contributed by atoms with van der Waals surface area (Å²) in [6.45, 7) is 2.14. The number of ether oxygens (including phenoxy) is 1. The zero-order valence-corrected chi connectivity index (χ0v) is 19.8. The topological polar surface area (TPSA) is 102 Å². The summed E-state index contributed by atoms with van der Waals surface area (Å²) < 4.78 is 28.8. The van der Waals surface area contributed by atoms with Gasteiger partial charge in [0.1, 0.15) is 12.4 Å². The highest BCUT2D eigenvalue weighted by Gasteiger charge is 2.24. The molecule has 1 saturated carbocycles. The van der Waals surface area contributed by atoms with E-state index in [1.807, 2.05) is 13.0 Å². The molecule has 0 atom stereocenters. The number of anilines is 1. The molecule has 2 amide bonds. The summed E-state index contributed by atoms with van der Waals surface area (Å²) in [5.41, 5.74) is 3.25. The van der Waals surface area contributed by atoms with Crippen LogP contribution in [0.15, 0.2) is 71.6 Å². The van der Waals surface area contributed by atoms with E-state index in [-0.39, 0.29) is 29.4 Å². The molecule has 0 aromatic heterocycles. The van der Waals surface area contributed by atoms with Gasteiger partial charge in [0, 0.05) is 29.1 Å². The molecule has 176 valence electrons. The second kappa shape index (κ2) is 9.69. The van der Waals surface area contributed by atoms with Gasteiger partial charge < -0.3 is 15.4 Å². The summed E-state index contributed by atoms with van der Waals surface area (Å²) >= 11 is 0. The molecule has 0 saturated heterocycles. The SMILES string of the molecule is Cc1ccc(C(=O)NC2CC2)cc1NC(=O)c1ccc(OCc2ccc(S(C)(=O)=O)cc2)cc1. The molecule has 34 heavy (non-hydrogen) atoms. The van der Waals surface area contributed by atoms with Crippen LogP contribution in [0.3, 0.4) is 0 Å². The zero-order valence-electron chi connectivity index (χ0n) is 19.0. The molecule has 7 nitrogen and oxygen atoms in total. The maximum absolute atomic E-state index is 12.7. The maximum Gasteiger partial charge on any atom is 0.255 e. The molecule has 3 aromatic carbocycles. The first-order chi connectivity index (χ1) is 16.2. The Balaban J connectivity index is 1.36. The highest BCUT2D eigenvalue weighted by Crippen LogP contribution is 2.22. The van der Waals surface area contributed by atoms with Crippen molar-refractivity contribution in [3.63, 3.8) is 0 Å². The van der Waals surface area contributed by atoms with Gasteiger partial charge in [-0.3, -0.25) is 9.59 Å². The number of amides is 2. The normalized spacial score (nSPS) is 13.2. The first-order valence-electron chi connectivity index (χ1n) is 10.9. The Kier molecular flexibility index (Phi) is 6.70. The first kappa shape index (κ1) is 23.5. The van der Waals surface area contributed by atoms with E-state index in [4.69, 9.17) is 4.74 Å². The fraction of sp³-hybridized carbons (Fsp3) is 0.231. The number of aryl methyl sites for hydroxylation is 1. The number of benzene rings is 3. The van der Waals surface area contributed by atoms with E-state index < -0.39 is 9.84 Å². The minimum atomic E-state index is -3.23. The molecule has 0 unspecified atom stereocenters. The average molecular weight is 479 g/mol. The van der Waals surface area contributed by atoms with Crippen molar-refractivity contribution in [2.75, 3.05) is 11.6 Å². The summed E-state index contributed by atoms with van der Waals surface area (Å²) in [6, 6.07) is 18.8. The molecule has 0 bridgehead atoms. The van der Waals surface area contributed by atoms with Gasteiger partial charge in [0.2, 0.25) is 0 Å². The van der Waals surface area contributed by atoms with Crippen molar-refractivity contribution in [1.29, 1.82) is 0 Å². The van der Waals surface area contributed by atoms with Crippen molar-refractivity contribution < 1.29 is 22.7 Å². The van der Waals surface area contributed by atoms with E-state index in [0.29, 0.717) is 22.6 Å². The number of rotatable bonds is 8. The highest BCUT2D eigenvalue weighted by atomic mass is 32.2. The fourth-order valence-corrected chi connectivity index (χ4v) is 3.92. The van der Waals surface area contributed by atoms with Gasteiger partial charge in [0.05, 0.1) is 4.90 Å². The van der Waals surface area contributed by atoms with Crippen LogP contribution in [-0.4, -0.2) is 32.5 Å². The van der Waals surface area contributed by atoms with E-state index >= 15 is 0 Å². The van der Waals surface area contributed by atoms with Crippen LogP contribution in [0.1, 0.15) is 44.7 Å². The molecule has 1 aliphatic carbocycles. The minimum absolute atomic E-state index is 0.134. The van der Waals surface area contributed by atoms with E-state index in [0.717, 1.165) is 24.0 Å². The summed E-state index contributed by atoms with van der Waals surface area (Å²) in [5, 5.41) is 5.83. The third-order valence-corrected chi connectivity index (χ3v) is 6.66. The number of hydrogen-bond acceptors (Lipinski definition) is 5. The standard InChI is InChI=1S/C26H26N2O5S/c1-17-3-6-20(26(30)27-21-9-10-21)15-24(17)28-25(29)19-7-11-22(12-8-19)33-16-18-4-13-23(14-5-18)34(2,31)32/h3-8,11-15,21H,9-10,16H2,1-2H3,(H,27,30)(H,28,29). The van der Waals surface area contributed by atoms with Crippen LogP contribution >= 0.6 is 0 Å². The van der Waals surface area contributed by atoms with Crippen molar-refractivity contribution in [3.8, 4) is 5.75 Å². The molecule has 1 fully saturated rings. The Morgan fingerprint density at radius 1 is 0.912 bits per heavy atom. The smallest absolute Gasteiger partial charge is 0.255 e. The predicted molar refractivity (Wildman–Crippen MR) is 130 cm³/mol. The van der Waals surface area contributed by atoms with Gasteiger partial charge in [-0.25, -0.2) is 8.42 Å². The van der Waals surface area contributed by atoms with E-state index in [2.05, 4.69) is 10.6 Å². The number of sulfone groups is 1. The second-order valence-electron chi connectivity index (χ2n) is 8.46. The molecule has 1 aliphatic rings. The lowest BCUT2D eigenvalue weighted by Crippen LogP contribution is -2.25. The number of carbonyl (C=O) groups excluding carboxylic acids is 2. The van der Waals surface area contributed by atoms with Gasteiger partial charge in [-0.15, -0.1) is 0 Å². The third-order valence-electron chi connectivity index (χ3n) is 5.53. The van der Waals surface area contributed by atoms with E-state index in [1.165, 1.54) is 6.26 Å². The number of carbonyl (C=O) groups is 2. The minimum Gasteiger partial charge on any atom is -0.489 e. The van der Waals surface area contributed by atoms with E-state index in [9.17, 15) is 18.0 Å². The van der Waals surface area contributed by atoms with E-state index in [1.54, 1.807) is 60.7 Å². The molecule has 0 aliphatic heterocycles. The first-order valence-corrected chi connectivity index (χ1v) is 12.8. The lowest BCUT2D eigenvalue weighted by molar-refractivity contribution is 0.0949. The van der Waals surface area contributed by atoms with Crippen LogP contribution in [0, 0.1) is 6.92 Å². The number of hydrogen-bond donors (Lipinski definition) is 2. The summed E-state index contributed by atoms with van der Waals surface area (Å²) in [6.07, 6.45) is 3.19. The van der Waals surface area contributed by atoms with Crippen molar-refractivity contribution in [1.82, 2.24) is 5.32 Å². The van der Waals surface area contributed by atoms with Gasteiger partial charge in [-0.1, -0.05) is 18.2 Å². The van der Waals surface area contributed by atoms with Crippen LogP contribution in [0.5, 0.6) is 5.75 Å². The molecule has 0 spiro atoms. The Hall–Kier alpha value is -3.65. The summed E-state index contributed by atoms with van der Waals surface area (Å²) in [4.78, 5) is 25.3. The lowest BCUT2D eigenvalue weighted by Gasteiger charge is -2.12. The molecule has 3 aromatic rings.